The van der Waals surface area contributed by atoms with Crippen LogP contribution in [0.3, 0.4) is 0 Å². The maximum absolute atomic E-state index is 5.95. The number of hydrogen-bond donors (Lipinski definition) is 1. The van der Waals surface area contributed by atoms with Crippen LogP contribution in [-0.2, 0) is 0 Å². The number of nitrogens with one attached hydrogen (secondary N) is 1. The van der Waals surface area contributed by atoms with E-state index in [9.17, 15) is 0 Å². The van der Waals surface area contributed by atoms with Crippen LogP contribution in [0.25, 0.3) is 10.2 Å². The third-order valence-electron chi connectivity index (χ3n) is 2.60. The molecule has 0 saturated heterocycles. The molecule has 96 valence electrons. The fourth-order valence-corrected chi connectivity index (χ4v) is 3.01. The lowest BCUT2D eigenvalue weighted by Gasteiger charge is -2.06. The van der Waals surface area contributed by atoms with Gasteiger partial charge >= 0.3 is 0 Å². The number of fused-ring (bicyclic) bond motifs is 1. The number of hydrogen-bond acceptors (Lipinski definition) is 4. The predicted octanol–water partition coefficient (Wildman–Crippen LogP) is 5.05. The number of rotatable bonds is 2. The van der Waals surface area contributed by atoms with Gasteiger partial charge in [-0.2, -0.15) is 4.98 Å². The molecule has 0 fully saturated rings. The van der Waals surface area contributed by atoms with E-state index in [2.05, 4.69) is 21.4 Å². The van der Waals surface area contributed by atoms with Crippen molar-refractivity contribution < 1.29 is 0 Å². The van der Waals surface area contributed by atoms with Crippen LogP contribution < -0.4 is 5.32 Å². The first-order chi connectivity index (χ1) is 9.11. The summed E-state index contributed by atoms with van der Waals surface area (Å²) >= 11 is 13.4. The van der Waals surface area contributed by atoms with Gasteiger partial charge in [-0.3, -0.25) is 0 Å². The minimum Gasteiger partial charge on any atom is -0.340 e. The normalized spacial score (nSPS) is 10.9. The van der Waals surface area contributed by atoms with E-state index in [1.165, 1.54) is 4.88 Å². The molecule has 0 amide bonds. The molecule has 0 radical (unpaired) electrons. The minimum absolute atomic E-state index is 0.241. The second kappa shape index (κ2) is 4.96. The molecule has 1 aromatic carbocycles. The summed E-state index contributed by atoms with van der Waals surface area (Å²) in [7, 11) is 0. The molecule has 0 aliphatic carbocycles. The lowest BCUT2D eigenvalue weighted by molar-refractivity contribution is 1.23. The van der Waals surface area contributed by atoms with Crippen LogP contribution in [0, 0.1) is 6.92 Å². The summed E-state index contributed by atoms with van der Waals surface area (Å²) in [6.07, 6.45) is 0. The monoisotopic (exact) mass is 309 g/mol. The van der Waals surface area contributed by atoms with Crippen LogP contribution in [0.1, 0.15) is 4.88 Å². The third-order valence-corrected chi connectivity index (χ3v) is 3.96. The molecule has 19 heavy (non-hydrogen) atoms. The smallest absolute Gasteiger partial charge is 0.225 e. The van der Waals surface area contributed by atoms with Crippen molar-refractivity contribution in [2.24, 2.45) is 0 Å². The summed E-state index contributed by atoms with van der Waals surface area (Å²) in [5.41, 5.74) is 0.907. The van der Waals surface area contributed by atoms with Gasteiger partial charge in [-0.05, 0) is 48.9 Å². The van der Waals surface area contributed by atoms with E-state index in [-0.39, 0.29) is 5.28 Å². The van der Waals surface area contributed by atoms with E-state index < -0.39 is 0 Å². The molecule has 0 unspecified atom stereocenters. The second-order valence-electron chi connectivity index (χ2n) is 4.05. The van der Waals surface area contributed by atoms with E-state index in [1.807, 2.05) is 31.2 Å². The van der Waals surface area contributed by atoms with Gasteiger partial charge in [-0.1, -0.05) is 11.6 Å². The van der Waals surface area contributed by atoms with Crippen molar-refractivity contribution in [3.63, 3.8) is 0 Å². The first kappa shape index (κ1) is 12.7. The highest BCUT2D eigenvalue weighted by molar-refractivity contribution is 7.18. The van der Waals surface area contributed by atoms with Crippen molar-refractivity contribution in [1.82, 2.24) is 9.97 Å². The van der Waals surface area contributed by atoms with Crippen LogP contribution >= 0.6 is 34.5 Å². The van der Waals surface area contributed by atoms with E-state index in [0.29, 0.717) is 10.8 Å². The highest BCUT2D eigenvalue weighted by Gasteiger charge is 2.09. The molecule has 1 N–H and O–H groups in total. The van der Waals surface area contributed by atoms with E-state index >= 15 is 0 Å². The molecule has 0 bridgehead atoms. The molecule has 0 aliphatic rings. The van der Waals surface area contributed by atoms with Crippen LogP contribution in [0.15, 0.2) is 30.3 Å². The SMILES string of the molecule is Cc1cc2c(Nc3ccc(Cl)cc3)nc(Cl)nc2s1. The van der Waals surface area contributed by atoms with Crippen LogP contribution in [0.4, 0.5) is 11.5 Å². The summed E-state index contributed by atoms with van der Waals surface area (Å²) in [5, 5.41) is 5.15. The van der Waals surface area contributed by atoms with Crippen molar-refractivity contribution in [3.05, 3.63) is 45.5 Å². The van der Waals surface area contributed by atoms with Crippen molar-refractivity contribution >= 4 is 56.3 Å². The van der Waals surface area contributed by atoms with Gasteiger partial charge in [0.05, 0.1) is 5.39 Å². The summed E-state index contributed by atoms with van der Waals surface area (Å²) in [4.78, 5) is 10.5. The Morgan fingerprint density at radius 2 is 1.84 bits per heavy atom. The Kier molecular flexibility index (Phi) is 3.31. The largest absolute Gasteiger partial charge is 0.340 e. The number of halogens is 2. The zero-order valence-electron chi connectivity index (χ0n) is 9.95. The molecular weight excluding hydrogens is 301 g/mol. The fourth-order valence-electron chi connectivity index (χ4n) is 1.78. The van der Waals surface area contributed by atoms with Gasteiger partial charge in [-0.25, -0.2) is 4.98 Å². The van der Waals surface area contributed by atoms with Gasteiger partial charge in [0, 0.05) is 15.6 Å². The zero-order valence-corrected chi connectivity index (χ0v) is 12.3. The fraction of sp³-hybridized carbons (Fsp3) is 0.0769. The Balaban J connectivity index is 2.06. The maximum atomic E-state index is 5.95. The summed E-state index contributed by atoms with van der Waals surface area (Å²) < 4.78 is 0. The molecule has 2 aromatic heterocycles. The van der Waals surface area contributed by atoms with Crippen LogP contribution in [0.5, 0.6) is 0 Å². The number of nitrogens with zero attached hydrogens (tertiary/aromatic N) is 2. The average molecular weight is 310 g/mol. The molecule has 2 heterocycles. The number of aryl methyl sites for hydroxylation is 1. The van der Waals surface area contributed by atoms with Crippen molar-refractivity contribution in [3.8, 4) is 0 Å². The van der Waals surface area contributed by atoms with Crippen molar-refractivity contribution in [2.75, 3.05) is 5.32 Å². The molecule has 0 saturated carbocycles. The molecule has 6 heteroatoms. The number of anilines is 2. The zero-order chi connectivity index (χ0) is 13.4. The van der Waals surface area contributed by atoms with E-state index in [4.69, 9.17) is 23.2 Å². The Morgan fingerprint density at radius 1 is 1.11 bits per heavy atom. The first-order valence-corrected chi connectivity index (χ1v) is 7.15. The van der Waals surface area contributed by atoms with Gasteiger partial charge < -0.3 is 5.32 Å². The molecular formula is C13H9Cl2N3S. The molecule has 0 spiro atoms. The van der Waals surface area contributed by atoms with Crippen molar-refractivity contribution in [1.29, 1.82) is 0 Å². The molecule has 0 atom stereocenters. The Labute approximate surface area is 124 Å². The quantitative estimate of drug-likeness (QED) is 0.673. The minimum atomic E-state index is 0.241. The predicted molar refractivity (Wildman–Crippen MR) is 81.9 cm³/mol. The standard InChI is InChI=1S/C13H9Cl2N3S/c1-7-6-10-11(17-13(15)18-12(10)19-7)16-9-4-2-8(14)3-5-9/h2-6H,1H3,(H,16,17,18). The molecule has 3 rings (SSSR count). The second-order valence-corrected chi connectivity index (χ2v) is 6.06. The highest BCUT2D eigenvalue weighted by atomic mass is 35.5. The number of benzene rings is 1. The van der Waals surface area contributed by atoms with Gasteiger partial charge in [-0.15, -0.1) is 11.3 Å². The third kappa shape index (κ3) is 2.66. The lowest BCUT2D eigenvalue weighted by atomic mass is 10.3. The summed E-state index contributed by atoms with van der Waals surface area (Å²) in [5.74, 6) is 0.710. The van der Waals surface area contributed by atoms with E-state index in [0.717, 1.165) is 15.9 Å². The Morgan fingerprint density at radius 3 is 2.58 bits per heavy atom. The molecule has 3 nitrogen and oxygen atoms in total. The average Bonchev–Trinajstić information content (AvgIpc) is 2.72. The van der Waals surface area contributed by atoms with Crippen molar-refractivity contribution in [2.45, 2.75) is 6.92 Å². The first-order valence-electron chi connectivity index (χ1n) is 5.58. The molecule has 0 aliphatic heterocycles. The highest BCUT2D eigenvalue weighted by Crippen LogP contribution is 2.31. The van der Waals surface area contributed by atoms with Gasteiger partial charge in [0.25, 0.3) is 0 Å². The Hall–Kier alpha value is -1.36. The summed E-state index contributed by atoms with van der Waals surface area (Å²) in [6, 6.07) is 9.48. The van der Waals surface area contributed by atoms with Gasteiger partial charge in [0.2, 0.25) is 5.28 Å². The lowest BCUT2D eigenvalue weighted by Crippen LogP contribution is -1.95. The maximum Gasteiger partial charge on any atom is 0.225 e. The number of aromatic nitrogens is 2. The van der Waals surface area contributed by atoms with Crippen LogP contribution in [0.2, 0.25) is 10.3 Å². The van der Waals surface area contributed by atoms with Gasteiger partial charge in [0.15, 0.2) is 0 Å². The van der Waals surface area contributed by atoms with E-state index in [1.54, 1.807) is 11.3 Å². The summed E-state index contributed by atoms with van der Waals surface area (Å²) in [6.45, 7) is 2.03. The number of thiophene rings is 1. The molecule has 3 aromatic rings. The van der Waals surface area contributed by atoms with Gasteiger partial charge in [0.1, 0.15) is 10.6 Å². The van der Waals surface area contributed by atoms with Crippen LogP contribution in [-0.4, -0.2) is 9.97 Å². The Bertz CT molecular complexity index is 737. The topological polar surface area (TPSA) is 37.8 Å².